The molecule has 0 fully saturated rings. The molecule has 0 saturated heterocycles. The fraction of sp³-hybridized carbons (Fsp3) is 0.545. The van der Waals surface area contributed by atoms with Gasteiger partial charge in [-0.05, 0) is 24.5 Å². The SMILES string of the molecule is CC(C)CC(CO)Nc1ccc2n[nH]c(=O)n2n1. The third-order valence-electron chi connectivity index (χ3n) is 2.60. The summed E-state index contributed by atoms with van der Waals surface area (Å²) in [7, 11) is 0. The second-order valence-electron chi connectivity index (χ2n) is 4.67. The minimum absolute atomic E-state index is 0.0260. The Morgan fingerprint density at radius 1 is 1.50 bits per heavy atom. The zero-order valence-corrected chi connectivity index (χ0v) is 10.4. The Morgan fingerprint density at radius 3 is 2.94 bits per heavy atom. The fourth-order valence-corrected chi connectivity index (χ4v) is 1.84. The van der Waals surface area contributed by atoms with Crippen molar-refractivity contribution in [3.05, 3.63) is 22.6 Å². The monoisotopic (exact) mass is 251 g/mol. The van der Waals surface area contributed by atoms with Gasteiger partial charge in [0.15, 0.2) is 5.65 Å². The number of aliphatic hydroxyl groups is 1. The van der Waals surface area contributed by atoms with E-state index in [-0.39, 0.29) is 18.3 Å². The number of aliphatic hydroxyl groups excluding tert-OH is 1. The molecule has 0 aromatic carbocycles. The summed E-state index contributed by atoms with van der Waals surface area (Å²) < 4.78 is 1.19. The van der Waals surface area contributed by atoms with Gasteiger partial charge in [-0.15, -0.1) is 5.10 Å². The van der Waals surface area contributed by atoms with Crippen LogP contribution in [0.15, 0.2) is 16.9 Å². The van der Waals surface area contributed by atoms with Crippen LogP contribution in [-0.4, -0.2) is 37.6 Å². The molecule has 2 rings (SSSR count). The lowest BCUT2D eigenvalue weighted by Crippen LogP contribution is -2.27. The van der Waals surface area contributed by atoms with E-state index in [1.165, 1.54) is 4.52 Å². The van der Waals surface area contributed by atoms with Crippen molar-refractivity contribution in [3.8, 4) is 0 Å². The smallest absolute Gasteiger partial charge is 0.364 e. The lowest BCUT2D eigenvalue weighted by atomic mass is 10.0. The highest BCUT2D eigenvalue weighted by atomic mass is 16.3. The van der Waals surface area contributed by atoms with Gasteiger partial charge < -0.3 is 10.4 Å². The second-order valence-corrected chi connectivity index (χ2v) is 4.67. The van der Waals surface area contributed by atoms with Gasteiger partial charge in [0.25, 0.3) is 0 Å². The molecule has 0 aliphatic heterocycles. The second kappa shape index (κ2) is 5.18. The van der Waals surface area contributed by atoms with Gasteiger partial charge in [-0.1, -0.05) is 13.8 Å². The van der Waals surface area contributed by atoms with Crippen LogP contribution < -0.4 is 11.0 Å². The van der Waals surface area contributed by atoms with Crippen LogP contribution >= 0.6 is 0 Å². The van der Waals surface area contributed by atoms with Crippen molar-refractivity contribution in [3.63, 3.8) is 0 Å². The molecule has 2 aromatic rings. The maximum Gasteiger partial charge on any atom is 0.364 e. The van der Waals surface area contributed by atoms with Gasteiger partial charge in [0.05, 0.1) is 12.6 Å². The highest BCUT2D eigenvalue weighted by Gasteiger charge is 2.11. The lowest BCUT2D eigenvalue weighted by molar-refractivity contribution is 0.259. The molecule has 18 heavy (non-hydrogen) atoms. The first-order valence-electron chi connectivity index (χ1n) is 5.92. The molecule has 0 aliphatic rings. The van der Waals surface area contributed by atoms with E-state index in [9.17, 15) is 9.90 Å². The van der Waals surface area contributed by atoms with Crippen molar-refractivity contribution in [2.75, 3.05) is 11.9 Å². The standard InChI is InChI=1S/C11H17N5O2/c1-7(2)5-8(6-17)12-9-3-4-10-13-14-11(18)16(10)15-9/h3-4,7-8,17H,5-6H2,1-2H3,(H,12,15)(H,14,18). The van der Waals surface area contributed by atoms with Gasteiger partial charge in [0, 0.05) is 0 Å². The highest BCUT2D eigenvalue weighted by molar-refractivity contribution is 5.43. The molecular formula is C11H17N5O2. The molecule has 0 radical (unpaired) electrons. The van der Waals surface area contributed by atoms with Crippen LogP contribution in [-0.2, 0) is 0 Å². The molecule has 7 nitrogen and oxygen atoms in total. The quantitative estimate of drug-likeness (QED) is 0.707. The molecule has 0 amide bonds. The Kier molecular flexibility index (Phi) is 3.61. The largest absolute Gasteiger partial charge is 0.394 e. The molecule has 2 aromatic heterocycles. The normalized spacial score (nSPS) is 13.1. The van der Waals surface area contributed by atoms with Crippen LogP contribution in [0.5, 0.6) is 0 Å². The van der Waals surface area contributed by atoms with E-state index in [0.29, 0.717) is 17.4 Å². The predicted molar refractivity (Wildman–Crippen MR) is 67.6 cm³/mol. The van der Waals surface area contributed by atoms with E-state index in [1.807, 2.05) is 0 Å². The van der Waals surface area contributed by atoms with Gasteiger partial charge in [-0.3, -0.25) is 0 Å². The molecule has 2 heterocycles. The number of nitrogens with zero attached hydrogens (tertiary/aromatic N) is 3. The minimum Gasteiger partial charge on any atom is -0.394 e. The first kappa shape index (κ1) is 12.6. The van der Waals surface area contributed by atoms with Crippen LogP contribution in [0, 0.1) is 5.92 Å². The number of anilines is 1. The van der Waals surface area contributed by atoms with Gasteiger partial charge in [-0.2, -0.15) is 9.61 Å². The highest BCUT2D eigenvalue weighted by Crippen LogP contribution is 2.10. The van der Waals surface area contributed by atoms with Gasteiger partial charge >= 0.3 is 5.69 Å². The molecule has 3 N–H and O–H groups in total. The van der Waals surface area contributed by atoms with Crippen LogP contribution in [0.2, 0.25) is 0 Å². The maximum atomic E-state index is 11.4. The number of rotatable bonds is 5. The summed E-state index contributed by atoms with van der Waals surface area (Å²) in [5.74, 6) is 1.01. The van der Waals surface area contributed by atoms with Crippen molar-refractivity contribution in [1.29, 1.82) is 0 Å². The first-order valence-corrected chi connectivity index (χ1v) is 5.92. The fourth-order valence-electron chi connectivity index (χ4n) is 1.84. The van der Waals surface area contributed by atoms with Gasteiger partial charge in [0.2, 0.25) is 0 Å². The van der Waals surface area contributed by atoms with Crippen LogP contribution in [0.3, 0.4) is 0 Å². The van der Waals surface area contributed by atoms with Crippen molar-refractivity contribution in [1.82, 2.24) is 19.8 Å². The van der Waals surface area contributed by atoms with Crippen LogP contribution in [0.4, 0.5) is 5.82 Å². The average molecular weight is 251 g/mol. The molecule has 7 heteroatoms. The maximum absolute atomic E-state index is 11.4. The predicted octanol–water partition coefficient (Wildman–Crippen LogP) is 0.236. The van der Waals surface area contributed by atoms with Crippen LogP contribution in [0.25, 0.3) is 5.65 Å². The number of fused-ring (bicyclic) bond motifs is 1. The first-order chi connectivity index (χ1) is 8.60. The molecule has 1 atom stereocenters. The molecule has 0 saturated carbocycles. The van der Waals surface area contributed by atoms with Crippen molar-refractivity contribution < 1.29 is 5.11 Å². The summed E-state index contributed by atoms with van der Waals surface area (Å²) in [6.45, 7) is 4.20. The number of aromatic amines is 1. The molecule has 98 valence electrons. The van der Waals surface area contributed by atoms with Crippen molar-refractivity contribution >= 4 is 11.5 Å². The zero-order valence-electron chi connectivity index (χ0n) is 10.4. The number of aromatic nitrogens is 4. The van der Waals surface area contributed by atoms with E-state index < -0.39 is 0 Å². The molecule has 0 bridgehead atoms. The Hall–Kier alpha value is -1.89. The Morgan fingerprint density at radius 2 is 2.28 bits per heavy atom. The number of hydrogen-bond donors (Lipinski definition) is 3. The summed E-state index contributed by atoms with van der Waals surface area (Å²) in [6, 6.07) is 3.35. The molecule has 0 aliphatic carbocycles. The topological polar surface area (TPSA) is 95.3 Å². The number of nitrogens with one attached hydrogen (secondary N) is 2. The van der Waals surface area contributed by atoms with Crippen LogP contribution in [0.1, 0.15) is 20.3 Å². The minimum atomic E-state index is -0.377. The van der Waals surface area contributed by atoms with Gasteiger partial charge in [-0.25, -0.2) is 9.89 Å². The molecule has 1 unspecified atom stereocenters. The third-order valence-corrected chi connectivity index (χ3v) is 2.60. The molecule has 0 spiro atoms. The molecular weight excluding hydrogens is 234 g/mol. The summed E-state index contributed by atoms with van der Waals surface area (Å²) in [5, 5.41) is 22.6. The average Bonchev–Trinajstić information content (AvgIpc) is 2.70. The lowest BCUT2D eigenvalue weighted by Gasteiger charge is -2.18. The summed E-state index contributed by atoms with van der Waals surface area (Å²) >= 11 is 0. The van der Waals surface area contributed by atoms with E-state index >= 15 is 0 Å². The zero-order chi connectivity index (χ0) is 13.1. The summed E-state index contributed by atoms with van der Waals surface area (Å²) in [6.07, 6.45) is 0.830. The van der Waals surface area contributed by atoms with Gasteiger partial charge in [0.1, 0.15) is 5.82 Å². The Bertz CT molecular complexity index is 574. The van der Waals surface area contributed by atoms with E-state index in [2.05, 4.69) is 34.5 Å². The number of H-pyrrole nitrogens is 1. The Labute approximate surface area is 104 Å². The van der Waals surface area contributed by atoms with Crippen molar-refractivity contribution in [2.24, 2.45) is 5.92 Å². The summed E-state index contributed by atoms with van der Waals surface area (Å²) in [5.41, 5.74) is 0.0908. The van der Waals surface area contributed by atoms with Crippen molar-refractivity contribution in [2.45, 2.75) is 26.3 Å². The number of hydrogen-bond acceptors (Lipinski definition) is 5. The third kappa shape index (κ3) is 2.67. The Balaban J connectivity index is 2.20. The summed E-state index contributed by atoms with van der Waals surface area (Å²) in [4.78, 5) is 11.4. The van der Waals surface area contributed by atoms with E-state index in [0.717, 1.165) is 6.42 Å². The van der Waals surface area contributed by atoms with E-state index in [4.69, 9.17) is 0 Å². The van der Waals surface area contributed by atoms with E-state index in [1.54, 1.807) is 12.1 Å².